The molecule has 0 atom stereocenters. The molecular weight excluding hydrogens is 282 g/mol. The molecule has 0 bridgehead atoms. The van der Waals surface area contributed by atoms with Gasteiger partial charge in [0.25, 0.3) is 10.0 Å². The molecule has 11 heteroatoms. The minimum absolute atomic E-state index is 0.0682. The molecule has 0 aliphatic carbocycles. The van der Waals surface area contributed by atoms with Crippen LogP contribution in [0.3, 0.4) is 0 Å². The maximum absolute atomic E-state index is 13.0. The van der Waals surface area contributed by atoms with Gasteiger partial charge in [0.2, 0.25) is 5.03 Å². The second kappa shape index (κ2) is 4.39. The number of hydrogen-bond acceptors (Lipinski definition) is 5. The Morgan fingerprint density at radius 3 is 2.39 bits per heavy atom. The lowest BCUT2D eigenvalue weighted by molar-refractivity contribution is -0.275. The van der Waals surface area contributed by atoms with Gasteiger partial charge in [-0.25, -0.2) is 22.9 Å². The topological polar surface area (TPSA) is 106 Å². The molecule has 98 valence electrons. The Hall–Kier alpha value is -1.93. The van der Waals surface area contributed by atoms with Gasteiger partial charge < -0.3 is 4.74 Å². The van der Waals surface area contributed by atoms with Crippen LogP contribution in [0.4, 0.5) is 17.6 Å². The van der Waals surface area contributed by atoms with Crippen LogP contribution in [0.25, 0.3) is 0 Å². The SMILES string of the molecule is N#Cc1nc(S(N)(=O)=O)c(OC(F)(F)F)cc1F. The quantitative estimate of drug-likeness (QED) is 0.802. The van der Waals surface area contributed by atoms with Crippen molar-refractivity contribution in [2.75, 3.05) is 0 Å². The zero-order chi connectivity index (χ0) is 14.1. The Balaban J connectivity index is 3.51. The van der Waals surface area contributed by atoms with E-state index in [1.165, 1.54) is 0 Å². The predicted molar refractivity (Wildman–Crippen MR) is 47.0 cm³/mol. The van der Waals surface area contributed by atoms with E-state index in [1.54, 1.807) is 0 Å². The number of primary sulfonamides is 1. The molecule has 0 saturated heterocycles. The van der Waals surface area contributed by atoms with Crippen molar-refractivity contribution in [1.29, 1.82) is 5.26 Å². The van der Waals surface area contributed by atoms with Crippen molar-refractivity contribution in [3.8, 4) is 11.8 Å². The van der Waals surface area contributed by atoms with E-state index < -0.39 is 38.7 Å². The van der Waals surface area contributed by atoms with Gasteiger partial charge in [-0.15, -0.1) is 13.2 Å². The summed E-state index contributed by atoms with van der Waals surface area (Å²) in [6.45, 7) is 0. The number of sulfonamides is 1. The van der Waals surface area contributed by atoms with Gasteiger partial charge in [-0.3, -0.25) is 0 Å². The third-order valence-corrected chi connectivity index (χ3v) is 2.34. The molecule has 0 aromatic carbocycles. The molecule has 1 aromatic rings. The molecule has 0 aliphatic heterocycles. The number of hydrogen-bond donors (Lipinski definition) is 1. The van der Waals surface area contributed by atoms with Crippen LogP contribution in [-0.2, 0) is 10.0 Å². The minimum atomic E-state index is -5.26. The molecule has 2 N–H and O–H groups in total. The number of alkyl halides is 3. The number of pyridine rings is 1. The molecule has 0 amide bonds. The van der Waals surface area contributed by atoms with E-state index in [0.717, 1.165) is 6.07 Å². The first-order chi connectivity index (χ1) is 8.04. The first-order valence-corrected chi connectivity index (χ1v) is 5.48. The van der Waals surface area contributed by atoms with E-state index in [9.17, 15) is 26.0 Å². The van der Waals surface area contributed by atoms with Gasteiger partial charge in [0.15, 0.2) is 17.3 Å². The van der Waals surface area contributed by atoms with Crippen LogP contribution in [0, 0.1) is 17.1 Å². The molecule has 0 saturated carbocycles. The fourth-order valence-corrected chi connectivity index (χ4v) is 1.53. The lowest BCUT2D eigenvalue weighted by Crippen LogP contribution is -2.22. The number of halogens is 4. The highest BCUT2D eigenvalue weighted by molar-refractivity contribution is 7.89. The molecule has 6 nitrogen and oxygen atoms in total. The van der Waals surface area contributed by atoms with E-state index >= 15 is 0 Å². The molecule has 0 fully saturated rings. The fraction of sp³-hybridized carbons (Fsp3) is 0.143. The molecular formula is C7H3F4N3O3S. The summed E-state index contributed by atoms with van der Waals surface area (Å²) >= 11 is 0. The van der Waals surface area contributed by atoms with Crippen molar-refractivity contribution in [3.63, 3.8) is 0 Å². The van der Waals surface area contributed by atoms with Crippen LogP contribution >= 0.6 is 0 Å². The average Bonchev–Trinajstić information content (AvgIpc) is 2.13. The number of rotatable bonds is 2. The lowest BCUT2D eigenvalue weighted by Gasteiger charge is -2.11. The van der Waals surface area contributed by atoms with Crippen molar-refractivity contribution in [1.82, 2.24) is 4.98 Å². The van der Waals surface area contributed by atoms with Crippen LogP contribution in [-0.4, -0.2) is 19.8 Å². The number of nitriles is 1. The Bertz CT molecular complexity index is 620. The first kappa shape index (κ1) is 14.1. The predicted octanol–water partition coefficient (Wildman–Crippen LogP) is 0.638. The maximum Gasteiger partial charge on any atom is 0.573 e. The van der Waals surface area contributed by atoms with Crippen molar-refractivity contribution in [3.05, 3.63) is 17.6 Å². The monoisotopic (exact) mass is 285 g/mol. The highest BCUT2D eigenvalue weighted by Crippen LogP contribution is 2.29. The Morgan fingerprint density at radius 1 is 1.44 bits per heavy atom. The fourth-order valence-electron chi connectivity index (χ4n) is 0.935. The molecule has 0 unspecified atom stereocenters. The Morgan fingerprint density at radius 2 is 2.00 bits per heavy atom. The maximum atomic E-state index is 13.0. The molecule has 18 heavy (non-hydrogen) atoms. The summed E-state index contributed by atoms with van der Waals surface area (Å²) in [5.41, 5.74) is -1.02. The second-order valence-corrected chi connectivity index (χ2v) is 4.30. The largest absolute Gasteiger partial charge is 0.573 e. The summed E-state index contributed by atoms with van der Waals surface area (Å²) in [4.78, 5) is 2.87. The van der Waals surface area contributed by atoms with Crippen molar-refractivity contribution in [2.24, 2.45) is 5.14 Å². The lowest BCUT2D eigenvalue weighted by atomic mass is 10.3. The van der Waals surface area contributed by atoms with Gasteiger partial charge in [0.1, 0.15) is 6.07 Å². The van der Waals surface area contributed by atoms with Gasteiger partial charge in [-0.1, -0.05) is 0 Å². The van der Waals surface area contributed by atoms with Crippen LogP contribution in [0.1, 0.15) is 5.69 Å². The van der Waals surface area contributed by atoms with Gasteiger partial charge in [-0.2, -0.15) is 5.26 Å². The van der Waals surface area contributed by atoms with E-state index in [1.807, 2.05) is 0 Å². The zero-order valence-electron chi connectivity index (χ0n) is 8.19. The molecule has 0 spiro atoms. The van der Waals surface area contributed by atoms with E-state index in [4.69, 9.17) is 5.26 Å². The summed E-state index contributed by atoms with van der Waals surface area (Å²) < 4.78 is 74.1. The van der Waals surface area contributed by atoms with Crippen LogP contribution in [0.15, 0.2) is 11.1 Å². The van der Waals surface area contributed by atoms with Gasteiger partial charge in [-0.05, 0) is 0 Å². The third kappa shape index (κ3) is 3.28. The number of nitrogens with two attached hydrogens (primary N) is 1. The minimum Gasteiger partial charge on any atom is -0.403 e. The number of ether oxygens (including phenoxy) is 1. The van der Waals surface area contributed by atoms with Crippen molar-refractivity contribution in [2.45, 2.75) is 11.4 Å². The molecule has 0 radical (unpaired) electrons. The van der Waals surface area contributed by atoms with Crippen LogP contribution in [0.2, 0.25) is 0 Å². The summed E-state index contributed by atoms with van der Waals surface area (Å²) in [6.07, 6.45) is -5.26. The highest BCUT2D eigenvalue weighted by Gasteiger charge is 2.35. The number of nitrogens with zero attached hydrogens (tertiary/aromatic N) is 2. The zero-order valence-corrected chi connectivity index (χ0v) is 9.01. The van der Waals surface area contributed by atoms with E-state index in [2.05, 4.69) is 14.9 Å². The van der Waals surface area contributed by atoms with Crippen LogP contribution < -0.4 is 9.88 Å². The first-order valence-electron chi connectivity index (χ1n) is 3.94. The normalized spacial score (nSPS) is 12.0. The van der Waals surface area contributed by atoms with Crippen molar-refractivity contribution < 1.29 is 30.7 Å². The van der Waals surface area contributed by atoms with Crippen LogP contribution in [0.5, 0.6) is 5.75 Å². The highest BCUT2D eigenvalue weighted by atomic mass is 32.2. The summed E-state index contributed by atoms with van der Waals surface area (Å²) in [5.74, 6) is -2.91. The smallest absolute Gasteiger partial charge is 0.403 e. The van der Waals surface area contributed by atoms with Gasteiger partial charge in [0, 0.05) is 6.07 Å². The second-order valence-electron chi connectivity index (χ2n) is 2.83. The summed E-state index contributed by atoms with van der Waals surface area (Å²) in [5, 5.41) is 11.6. The standard InChI is InChI=1S/C7H3F4N3O3S/c8-3-1-5(17-7(9,10)11)6(18(13,15)16)14-4(3)2-12/h1H,(H2,13,15,16). The molecule has 1 heterocycles. The Labute approximate surface area is 97.6 Å². The number of aromatic nitrogens is 1. The molecule has 0 aliphatic rings. The average molecular weight is 285 g/mol. The third-order valence-electron chi connectivity index (χ3n) is 1.51. The van der Waals surface area contributed by atoms with Crippen molar-refractivity contribution >= 4 is 10.0 Å². The summed E-state index contributed by atoms with van der Waals surface area (Å²) in [6, 6.07) is 1.22. The van der Waals surface area contributed by atoms with E-state index in [0.29, 0.717) is 0 Å². The molecule has 1 rings (SSSR count). The molecule has 1 aromatic heterocycles. The van der Waals surface area contributed by atoms with E-state index in [-0.39, 0.29) is 6.07 Å². The van der Waals surface area contributed by atoms with Gasteiger partial charge in [0.05, 0.1) is 0 Å². The van der Waals surface area contributed by atoms with Gasteiger partial charge >= 0.3 is 6.36 Å². The Kier molecular flexibility index (Phi) is 3.45. The summed E-state index contributed by atoms with van der Waals surface area (Å²) in [7, 11) is -4.71.